The van der Waals surface area contributed by atoms with Crippen LogP contribution in [-0.2, 0) is 4.79 Å². The average Bonchev–Trinajstić information content (AvgIpc) is 2.93. The molecule has 3 N–H and O–H groups in total. The highest BCUT2D eigenvalue weighted by Gasteiger charge is 2.15. The zero-order valence-electron chi connectivity index (χ0n) is 14.1. The molecule has 1 heterocycles. The van der Waals surface area contributed by atoms with E-state index in [0.717, 1.165) is 0 Å². The molecular formula is C15H21N5O3S. The Bertz CT molecular complexity index is 717. The van der Waals surface area contributed by atoms with E-state index in [1.165, 1.54) is 23.5 Å². The van der Waals surface area contributed by atoms with Crippen LogP contribution in [0.2, 0.25) is 0 Å². The van der Waals surface area contributed by atoms with Gasteiger partial charge in [0.25, 0.3) is 0 Å². The van der Waals surface area contributed by atoms with Gasteiger partial charge in [-0.2, -0.15) is 0 Å². The van der Waals surface area contributed by atoms with Gasteiger partial charge in [0.2, 0.25) is 11.1 Å². The SMILES string of the molecule is COc1ccc(OC)c(NC(=O)CSc2nnc(C(C)C)n2N)c1. The van der Waals surface area contributed by atoms with Crippen LogP contribution in [0, 0.1) is 0 Å². The number of amides is 1. The maximum Gasteiger partial charge on any atom is 0.234 e. The second-order valence-electron chi connectivity index (χ2n) is 5.27. The zero-order chi connectivity index (χ0) is 17.7. The molecule has 0 atom stereocenters. The van der Waals surface area contributed by atoms with Crippen molar-refractivity contribution in [3.8, 4) is 11.5 Å². The lowest BCUT2D eigenvalue weighted by molar-refractivity contribution is -0.113. The van der Waals surface area contributed by atoms with Crippen molar-refractivity contribution in [3.05, 3.63) is 24.0 Å². The van der Waals surface area contributed by atoms with Crippen molar-refractivity contribution >= 4 is 23.4 Å². The maximum atomic E-state index is 12.2. The van der Waals surface area contributed by atoms with Gasteiger partial charge in [-0.05, 0) is 12.1 Å². The van der Waals surface area contributed by atoms with Gasteiger partial charge in [-0.25, -0.2) is 4.68 Å². The summed E-state index contributed by atoms with van der Waals surface area (Å²) in [6.45, 7) is 3.95. The summed E-state index contributed by atoms with van der Waals surface area (Å²) < 4.78 is 11.8. The standard InChI is InChI=1S/C15H21N5O3S/c1-9(2)14-18-19-15(20(14)16)24-8-13(21)17-11-7-10(22-3)5-6-12(11)23-4/h5-7,9H,8,16H2,1-4H3,(H,17,21). The maximum absolute atomic E-state index is 12.2. The van der Waals surface area contributed by atoms with Gasteiger partial charge in [-0.3, -0.25) is 4.79 Å². The molecule has 8 nitrogen and oxygen atoms in total. The minimum absolute atomic E-state index is 0.147. The highest BCUT2D eigenvalue weighted by Crippen LogP contribution is 2.29. The summed E-state index contributed by atoms with van der Waals surface area (Å²) in [6, 6.07) is 5.18. The Morgan fingerprint density at radius 3 is 2.67 bits per heavy atom. The highest BCUT2D eigenvalue weighted by atomic mass is 32.2. The number of rotatable bonds is 7. The van der Waals surface area contributed by atoms with Gasteiger partial charge in [0.1, 0.15) is 11.5 Å². The first-order valence-corrected chi connectivity index (χ1v) is 8.29. The van der Waals surface area contributed by atoms with Crippen LogP contribution in [0.4, 0.5) is 5.69 Å². The normalized spacial score (nSPS) is 10.7. The molecule has 0 aliphatic heterocycles. The molecule has 2 rings (SSSR count). The van der Waals surface area contributed by atoms with Crippen LogP contribution in [0.15, 0.2) is 23.4 Å². The van der Waals surface area contributed by atoms with Gasteiger partial charge in [-0.1, -0.05) is 25.6 Å². The van der Waals surface area contributed by atoms with E-state index in [2.05, 4.69) is 15.5 Å². The molecule has 0 unspecified atom stereocenters. The van der Waals surface area contributed by atoms with E-state index in [1.54, 1.807) is 25.3 Å². The second kappa shape index (κ2) is 7.91. The van der Waals surface area contributed by atoms with E-state index in [4.69, 9.17) is 15.3 Å². The smallest absolute Gasteiger partial charge is 0.234 e. The molecule has 9 heteroatoms. The number of aromatic nitrogens is 3. The molecule has 0 aliphatic rings. The number of thioether (sulfide) groups is 1. The number of hydrogen-bond acceptors (Lipinski definition) is 7. The summed E-state index contributed by atoms with van der Waals surface area (Å²) in [4.78, 5) is 12.2. The Balaban J connectivity index is 2.01. The van der Waals surface area contributed by atoms with Crippen molar-refractivity contribution in [2.24, 2.45) is 0 Å². The van der Waals surface area contributed by atoms with Crippen molar-refractivity contribution < 1.29 is 14.3 Å². The molecule has 0 spiro atoms. The first kappa shape index (κ1) is 17.9. The first-order chi connectivity index (χ1) is 11.5. The van der Waals surface area contributed by atoms with Crippen LogP contribution < -0.4 is 20.6 Å². The predicted octanol–water partition coefficient (Wildman–Crippen LogP) is 1.86. The van der Waals surface area contributed by atoms with E-state index in [0.29, 0.717) is 28.2 Å². The Labute approximate surface area is 144 Å². The Morgan fingerprint density at radius 1 is 1.33 bits per heavy atom. The molecule has 130 valence electrons. The predicted molar refractivity (Wildman–Crippen MR) is 93.2 cm³/mol. The third kappa shape index (κ3) is 4.10. The number of nitrogens with one attached hydrogen (secondary N) is 1. The van der Waals surface area contributed by atoms with Crippen molar-refractivity contribution in [1.82, 2.24) is 14.9 Å². The van der Waals surface area contributed by atoms with Gasteiger partial charge < -0.3 is 20.6 Å². The van der Waals surface area contributed by atoms with Crippen molar-refractivity contribution in [2.45, 2.75) is 24.9 Å². The minimum Gasteiger partial charge on any atom is -0.497 e. The summed E-state index contributed by atoms with van der Waals surface area (Å²) in [5.41, 5.74) is 0.541. The number of carbonyl (C=O) groups excluding carboxylic acids is 1. The molecular weight excluding hydrogens is 330 g/mol. The number of anilines is 1. The van der Waals surface area contributed by atoms with Crippen LogP contribution in [-0.4, -0.2) is 40.8 Å². The summed E-state index contributed by atoms with van der Waals surface area (Å²) in [7, 11) is 3.10. The summed E-state index contributed by atoms with van der Waals surface area (Å²) in [6.07, 6.45) is 0. The average molecular weight is 351 g/mol. The number of methoxy groups -OCH3 is 2. The molecule has 1 aromatic heterocycles. The van der Waals surface area contributed by atoms with Crippen molar-refractivity contribution in [2.75, 3.05) is 31.1 Å². The van der Waals surface area contributed by atoms with Gasteiger partial charge in [0.05, 0.1) is 25.7 Å². The third-order valence-corrected chi connectivity index (χ3v) is 4.16. The van der Waals surface area contributed by atoms with Gasteiger partial charge in [-0.15, -0.1) is 10.2 Å². The zero-order valence-corrected chi connectivity index (χ0v) is 14.9. The van der Waals surface area contributed by atoms with Crippen molar-refractivity contribution in [1.29, 1.82) is 0 Å². The number of ether oxygens (including phenoxy) is 2. The van der Waals surface area contributed by atoms with Crippen LogP contribution in [0.5, 0.6) is 11.5 Å². The number of benzene rings is 1. The lowest BCUT2D eigenvalue weighted by atomic mass is 10.2. The molecule has 0 aliphatic carbocycles. The lowest BCUT2D eigenvalue weighted by Crippen LogP contribution is -2.18. The molecule has 0 saturated carbocycles. The minimum atomic E-state index is -0.208. The van der Waals surface area contributed by atoms with E-state index < -0.39 is 0 Å². The quantitative estimate of drug-likeness (QED) is 0.579. The fraction of sp³-hybridized carbons (Fsp3) is 0.400. The largest absolute Gasteiger partial charge is 0.497 e. The lowest BCUT2D eigenvalue weighted by Gasteiger charge is -2.11. The Morgan fingerprint density at radius 2 is 2.08 bits per heavy atom. The van der Waals surface area contributed by atoms with Crippen LogP contribution in [0.1, 0.15) is 25.6 Å². The summed E-state index contributed by atoms with van der Waals surface area (Å²) in [5, 5.41) is 11.3. The Hall–Kier alpha value is -2.42. The molecule has 0 radical (unpaired) electrons. The summed E-state index contributed by atoms with van der Waals surface area (Å²) in [5.74, 6) is 7.88. The van der Waals surface area contributed by atoms with E-state index >= 15 is 0 Å². The molecule has 1 aromatic carbocycles. The molecule has 1 amide bonds. The number of nitrogen functional groups attached to an aromatic ring is 1. The molecule has 0 fully saturated rings. The molecule has 24 heavy (non-hydrogen) atoms. The molecule has 2 aromatic rings. The van der Waals surface area contributed by atoms with E-state index in [9.17, 15) is 4.79 Å². The number of nitrogens with two attached hydrogens (primary N) is 1. The summed E-state index contributed by atoms with van der Waals surface area (Å²) >= 11 is 1.22. The van der Waals surface area contributed by atoms with Gasteiger partial charge in [0.15, 0.2) is 5.82 Å². The van der Waals surface area contributed by atoms with E-state index in [-0.39, 0.29) is 17.6 Å². The fourth-order valence-corrected chi connectivity index (χ4v) is 2.67. The number of carbonyl (C=O) groups is 1. The van der Waals surface area contributed by atoms with Crippen LogP contribution in [0.3, 0.4) is 0 Å². The van der Waals surface area contributed by atoms with Crippen molar-refractivity contribution in [3.63, 3.8) is 0 Å². The van der Waals surface area contributed by atoms with Crippen LogP contribution >= 0.6 is 11.8 Å². The van der Waals surface area contributed by atoms with Gasteiger partial charge in [0, 0.05) is 12.0 Å². The highest BCUT2D eigenvalue weighted by molar-refractivity contribution is 7.99. The second-order valence-corrected chi connectivity index (χ2v) is 6.21. The monoisotopic (exact) mass is 351 g/mol. The van der Waals surface area contributed by atoms with Gasteiger partial charge >= 0.3 is 0 Å². The topological polar surface area (TPSA) is 104 Å². The number of hydrogen-bond donors (Lipinski definition) is 2. The fourth-order valence-electron chi connectivity index (χ4n) is 2.01. The first-order valence-electron chi connectivity index (χ1n) is 7.31. The Kier molecular flexibility index (Phi) is 5.91. The molecule has 0 bridgehead atoms. The third-order valence-electron chi connectivity index (χ3n) is 3.22. The van der Waals surface area contributed by atoms with E-state index in [1.807, 2.05) is 13.8 Å². The molecule has 0 saturated heterocycles. The number of nitrogens with zero attached hydrogens (tertiary/aromatic N) is 3. The van der Waals surface area contributed by atoms with Crippen LogP contribution in [0.25, 0.3) is 0 Å².